The van der Waals surface area contributed by atoms with Crippen LogP contribution >= 0.6 is 0 Å². The smallest absolute Gasteiger partial charge is 0.434 e. The highest BCUT2D eigenvalue weighted by atomic mass is 32.2. The van der Waals surface area contributed by atoms with Gasteiger partial charge in [-0.3, -0.25) is 4.31 Å². The van der Waals surface area contributed by atoms with E-state index in [1.165, 1.54) is 22.5 Å². The second kappa shape index (κ2) is 9.23. The van der Waals surface area contributed by atoms with Gasteiger partial charge >= 0.3 is 5.76 Å². The maximum absolute atomic E-state index is 14.5. The molecule has 0 radical (unpaired) electrons. The van der Waals surface area contributed by atoms with Crippen LogP contribution in [0.2, 0.25) is 0 Å². The Hall–Kier alpha value is -3.99. The Morgan fingerprint density at radius 1 is 1.11 bits per heavy atom. The largest absolute Gasteiger partial charge is 0.486 e. The summed E-state index contributed by atoms with van der Waals surface area (Å²) in [7, 11) is -4.04. The number of hydrogen-bond donors (Lipinski definition) is 1. The van der Waals surface area contributed by atoms with Gasteiger partial charge in [-0.15, -0.1) is 5.10 Å². The Morgan fingerprint density at radius 3 is 2.69 bits per heavy atom. The van der Waals surface area contributed by atoms with Gasteiger partial charge in [0.1, 0.15) is 23.5 Å². The molecular formula is C25H21F2N3O5S. The number of aromatic amines is 1. The highest BCUT2D eigenvalue weighted by molar-refractivity contribution is 7.92. The van der Waals surface area contributed by atoms with Crippen LogP contribution in [0, 0.1) is 18.6 Å². The summed E-state index contributed by atoms with van der Waals surface area (Å²) in [6.07, 6.45) is -0.0346. The minimum absolute atomic E-state index is 0.00129. The number of nitrogens with zero attached hydrogens (tertiary/aromatic N) is 2. The van der Waals surface area contributed by atoms with Gasteiger partial charge in [0.05, 0.1) is 17.1 Å². The molecule has 3 aromatic carbocycles. The van der Waals surface area contributed by atoms with E-state index in [1.54, 1.807) is 31.2 Å². The molecule has 5 rings (SSSR count). The predicted octanol–water partition coefficient (Wildman–Crippen LogP) is 4.21. The second-order valence-corrected chi connectivity index (χ2v) is 10.3. The standard InChI is InChI=1S/C25H21F2N3O5S/c1-15-3-2-4-19(11-15)36(32,33)30-14-18(7-10-24-28-29-25(31)35-24)34-23-9-5-16(12-22(23)30)20-13-17(26)6-8-21(20)27/h2-6,8-9,11-13,18H,7,10,14H2,1H3,(H,29,31)/t18-/m0/s1. The van der Waals surface area contributed by atoms with E-state index in [0.717, 1.165) is 23.8 Å². The number of benzene rings is 3. The lowest BCUT2D eigenvalue weighted by atomic mass is 10.0. The number of rotatable bonds is 6. The molecule has 11 heteroatoms. The molecule has 0 spiro atoms. The molecule has 0 amide bonds. The van der Waals surface area contributed by atoms with E-state index < -0.39 is 33.5 Å². The summed E-state index contributed by atoms with van der Waals surface area (Å²) >= 11 is 0. The SMILES string of the molecule is Cc1cccc(S(=O)(=O)N2C[C@H](CCc3n[nH]c(=O)o3)Oc3ccc(-c4cc(F)ccc4F)cc32)c1. The predicted molar refractivity (Wildman–Crippen MR) is 127 cm³/mol. The third-order valence-electron chi connectivity index (χ3n) is 5.87. The number of aromatic nitrogens is 2. The Morgan fingerprint density at radius 2 is 1.94 bits per heavy atom. The summed E-state index contributed by atoms with van der Waals surface area (Å²) in [5, 5.41) is 5.96. The molecule has 0 fully saturated rings. The molecule has 36 heavy (non-hydrogen) atoms. The molecule has 0 unspecified atom stereocenters. The first-order chi connectivity index (χ1) is 17.2. The van der Waals surface area contributed by atoms with Crippen LogP contribution in [0.25, 0.3) is 11.1 Å². The fourth-order valence-corrected chi connectivity index (χ4v) is 5.74. The molecule has 2 heterocycles. The molecule has 1 aliphatic rings. The topological polar surface area (TPSA) is 106 Å². The molecule has 186 valence electrons. The molecule has 1 atom stereocenters. The van der Waals surface area contributed by atoms with Crippen molar-refractivity contribution in [3.05, 3.63) is 94.3 Å². The monoisotopic (exact) mass is 513 g/mol. The van der Waals surface area contributed by atoms with Crippen LogP contribution in [-0.2, 0) is 16.4 Å². The highest BCUT2D eigenvalue weighted by Gasteiger charge is 2.35. The summed E-state index contributed by atoms with van der Waals surface area (Å²) in [4.78, 5) is 11.3. The van der Waals surface area contributed by atoms with Crippen molar-refractivity contribution in [3.63, 3.8) is 0 Å². The van der Waals surface area contributed by atoms with Gasteiger partial charge in [-0.2, -0.15) is 0 Å². The van der Waals surface area contributed by atoms with Gasteiger partial charge in [0.2, 0.25) is 5.89 Å². The number of H-pyrrole nitrogens is 1. The van der Waals surface area contributed by atoms with Crippen molar-refractivity contribution in [1.82, 2.24) is 10.2 Å². The fraction of sp³-hybridized carbons (Fsp3) is 0.200. The Labute approximate surface area is 205 Å². The average Bonchev–Trinajstić information content (AvgIpc) is 3.28. The van der Waals surface area contributed by atoms with Crippen LogP contribution in [0.5, 0.6) is 5.75 Å². The zero-order valence-electron chi connectivity index (χ0n) is 19.1. The molecule has 1 aliphatic heterocycles. The zero-order chi connectivity index (χ0) is 25.4. The molecule has 0 saturated carbocycles. The number of sulfonamides is 1. The van der Waals surface area contributed by atoms with E-state index in [4.69, 9.17) is 9.15 Å². The normalized spacial score (nSPS) is 15.4. The summed E-state index contributed by atoms with van der Waals surface area (Å²) in [5.41, 5.74) is 1.28. The van der Waals surface area contributed by atoms with Crippen LogP contribution < -0.4 is 14.8 Å². The van der Waals surface area contributed by atoms with E-state index in [-0.39, 0.29) is 40.8 Å². The fourth-order valence-electron chi connectivity index (χ4n) is 4.13. The lowest BCUT2D eigenvalue weighted by Gasteiger charge is -2.36. The summed E-state index contributed by atoms with van der Waals surface area (Å²) in [5.74, 6) is -1.49. The summed E-state index contributed by atoms with van der Waals surface area (Å²) in [6, 6.07) is 14.2. The lowest BCUT2D eigenvalue weighted by molar-refractivity contribution is 0.187. The summed E-state index contributed by atoms with van der Waals surface area (Å²) < 4.78 is 68.0. The lowest BCUT2D eigenvalue weighted by Crippen LogP contribution is -2.43. The minimum atomic E-state index is -4.04. The van der Waals surface area contributed by atoms with Crippen molar-refractivity contribution in [3.8, 4) is 16.9 Å². The van der Waals surface area contributed by atoms with Crippen molar-refractivity contribution in [1.29, 1.82) is 0 Å². The maximum atomic E-state index is 14.5. The van der Waals surface area contributed by atoms with Crippen molar-refractivity contribution in [2.24, 2.45) is 0 Å². The molecule has 0 bridgehead atoms. The number of hydrogen-bond acceptors (Lipinski definition) is 6. The molecule has 8 nitrogen and oxygen atoms in total. The van der Waals surface area contributed by atoms with Crippen molar-refractivity contribution in [2.75, 3.05) is 10.8 Å². The van der Waals surface area contributed by atoms with Gasteiger partial charge in [-0.05, 0) is 66.9 Å². The molecule has 1 aromatic heterocycles. The third-order valence-corrected chi connectivity index (χ3v) is 7.65. The molecule has 0 aliphatic carbocycles. The number of fused-ring (bicyclic) bond motifs is 1. The van der Waals surface area contributed by atoms with Gasteiger partial charge in [0, 0.05) is 12.0 Å². The van der Waals surface area contributed by atoms with Gasteiger partial charge in [0.25, 0.3) is 10.0 Å². The minimum Gasteiger partial charge on any atom is -0.486 e. The number of aryl methyl sites for hydroxylation is 2. The van der Waals surface area contributed by atoms with Crippen molar-refractivity contribution < 1.29 is 26.4 Å². The van der Waals surface area contributed by atoms with Gasteiger partial charge in [-0.1, -0.05) is 18.2 Å². The van der Waals surface area contributed by atoms with Gasteiger partial charge < -0.3 is 9.15 Å². The highest BCUT2D eigenvalue weighted by Crippen LogP contribution is 2.41. The van der Waals surface area contributed by atoms with E-state index >= 15 is 0 Å². The Bertz CT molecular complexity index is 1600. The van der Waals surface area contributed by atoms with Crippen LogP contribution in [0.1, 0.15) is 17.9 Å². The second-order valence-electron chi connectivity index (χ2n) is 8.44. The first kappa shape index (κ1) is 23.7. The zero-order valence-corrected chi connectivity index (χ0v) is 19.9. The van der Waals surface area contributed by atoms with E-state index in [2.05, 4.69) is 10.2 Å². The molecular weight excluding hydrogens is 492 g/mol. The Balaban J connectivity index is 1.56. The maximum Gasteiger partial charge on any atom is 0.434 e. The van der Waals surface area contributed by atoms with E-state index in [9.17, 15) is 22.0 Å². The Kier molecular flexibility index (Phi) is 6.09. The van der Waals surface area contributed by atoms with Gasteiger partial charge in [-0.25, -0.2) is 27.1 Å². The molecule has 4 aromatic rings. The van der Waals surface area contributed by atoms with Crippen LogP contribution in [-0.4, -0.2) is 31.3 Å². The van der Waals surface area contributed by atoms with Crippen LogP contribution in [0.15, 0.2) is 74.8 Å². The number of nitrogens with one attached hydrogen (secondary N) is 1. The number of ether oxygens (including phenoxy) is 1. The molecule has 0 saturated heterocycles. The first-order valence-corrected chi connectivity index (χ1v) is 12.5. The third kappa shape index (κ3) is 4.61. The first-order valence-electron chi connectivity index (χ1n) is 11.1. The number of halogens is 2. The van der Waals surface area contributed by atoms with Crippen LogP contribution in [0.3, 0.4) is 0 Å². The van der Waals surface area contributed by atoms with Crippen molar-refractivity contribution in [2.45, 2.75) is 30.8 Å². The van der Waals surface area contributed by atoms with Crippen molar-refractivity contribution >= 4 is 15.7 Å². The number of anilines is 1. The van der Waals surface area contributed by atoms with E-state index in [0.29, 0.717) is 12.0 Å². The average molecular weight is 514 g/mol. The summed E-state index contributed by atoms with van der Waals surface area (Å²) in [6.45, 7) is 1.74. The van der Waals surface area contributed by atoms with E-state index in [1.807, 2.05) is 0 Å². The van der Waals surface area contributed by atoms with Crippen LogP contribution in [0.4, 0.5) is 14.5 Å². The van der Waals surface area contributed by atoms with Gasteiger partial charge in [0.15, 0.2) is 0 Å². The molecule has 1 N–H and O–H groups in total. The quantitative estimate of drug-likeness (QED) is 0.414.